The fourth-order valence-electron chi connectivity index (χ4n) is 2.16. The summed E-state index contributed by atoms with van der Waals surface area (Å²) in [6.45, 7) is 3.78. The van der Waals surface area contributed by atoms with Crippen molar-refractivity contribution in [3.8, 4) is 5.75 Å². The monoisotopic (exact) mass is 299 g/mol. The summed E-state index contributed by atoms with van der Waals surface area (Å²) in [6.07, 6.45) is 1.38. The van der Waals surface area contributed by atoms with Crippen LogP contribution in [0.5, 0.6) is 5.75 Å². The van der Waals surface area contributed by atoms with Gasteiger partial charge in [-0.2, -0.15) is 0 Å². The Bertz CT molecular complexity index is 384. The first kappa shape index (κ1) is 12.9. The molecular formula is C13H18BrNO2. The van der Waals surface area contributed by atoms with Gasteiger partial charge in [-0.1, -0.05) is 12.1 Å². The number of nitrogens with one attached hydrogen (secondary N) is 1. The largest absolute Gasteiger partial charge is 0.495 e. The minimum Gasteiger partial charge on any atom is -0.495 e. The molecule has 0 amide bonds. The summed E-state index contributed by atoms with van der Waals surface area (Å²) in [5.41, 5.74) is 1.17. The molecule has 0 aromatic heterocycles. The van der Waals surface area contributed by atoms with Crippen molar-refractivity contribution >= 4 is 15.9 Å². The van der Waals surface area contributed by atoms with E-state index in [1.54, 1.807) is 7.11 Å². The van der Waals surface area contributed by atoms with Gasteiger partial charge in [0, 0.05) is 24.8 Å². The first-order valence-corrected chi connectivity index (χ1v) is 6.68. The molecule has 1 fully saturated rings. The molecule has 0 radical (unpaired) electrons. The predicted octanol–water partition coefficient (Wildman–Crippen LogP) is 2.72. The lowest BCUT2D eigenvalue weighted by Crippen LogP contribution is -2.34. The van der Waals surface area contributed by atoms with Crippen molar-refractivity contribution in [1.82, 2.24) is 5.32 Å². The lowest BCUT2D eigenvalue weighted by Gasteiger charge is -2.17. The SMILES string of the molecule is COc1c(Br)cccc1CN[C@H]1CCO[C@H]1C. The van der Waals surface area contributed by atoms with Crippen LogP contribution in [0.1, 0.15) is 18.9 Å². The Balaban J connectivity index is 2.01. The lowest BCUT2D eigenvalue weighted by atomic mass is 10.1. The average Bonchev–Trinajstić information content (AvgIpc) is 2.72. The van der Waals surface area contributed by atoms with Crippen molar-refractivity contribution in [2.45, 2.75) is 32.0 Å². The summed E-state index contributed by atoms with van der Waals surface area (Å²) in [6, 6.07) is 6.54. The Morgan fingerprint density at radius 2 is 2.35 bits per heavy atom. The van der Waals surface area contributed by atoms with E-state index in [0.29, 0.717) is 12.1 Å². The molecule has 2 rings (SSSR count). The fourth-order valence-corrected chi connectivity index (χ4v) is 2.73. The van der Waals surface area contributed by atoms with Crippen molar-refractivity contribution in [2.75, 3.05) is 13.7 Å². The highest BCUT2D eigenvalue weighted by atomic mass is 79.9. The molecule has 4 heteroatoms. The number of halogens is 1. The Hall–Kier alpha value is -0.580. The van der Waals surface area contributed by atoms with Crippen molar-refractivity contribution in [3.05, 3.63) is 28.2 Å². The molecule has 17 heavy (non-hydrogen) atoms. The second-order valence-corrected chi connectivity index (χ2v) is 5.14. The van der Waals surface area contributed by atoms with Crippen LogP contribution >= 0.6 is 15.9 Å². The number of benzene rings is 1. The van der Waals surface area contributed by atoms with Gasteiger partial charge in [-0.3, -0.25) is 0 Å². The molecule has 1 N–H and O–H groups in total. The second kappa shape index (κ2) is 5.85. The minimum atomic E-state index is 0.299. The average molecular weight is 300 g/mol. The highest BCUT2D eigenvalue weighted by molar-refractivity contribution is 9.10. The van der Waals surface area contributed by atoms with E-state index < -0.39 is 0 Å². The Kier molecular flexibility index (Phi) is 4.42. The number of hydrogen-bond acceptors (Lipinski definition) is 3. The molecule has 94 valence electrons. The molecule has 0 spiro atoms. The molecule has 1 aliphatic heterocycles. The van der Waals surface area contributed by atoms with Crippen LogP contribution in [0.3, 0.4) is 0 Å². The summed E-state index contributed by atoms with van der Waals surface area (Å²) in [5.74, 6) is 0.909. The fraction of sp³-hybridized carbons (Fsp3) is 0.538. The van der Waals surface area contributed by atoms with E-state index in [9.17, 15) is 0 Å². The number of para-hydroxylation sites is 1. The van der Waals surface area contributed by atoms with Crippen molar-refractivity contribution in [1.29, 1.82) is 0 Å². The van der Waals surface area contributed by atoms with Crippen LogP contribution in [0.2, 0.25) is 0 Å². The Morgan fingerprint density at radius 1 is 1.53 bits per heavy atom. The van der Waals surface area contributed by atoms with Gasteiger partial charge in [-0.05, 0) is 35.3 Å². The lowest BCUT2D eigenvalue weighted by molar-refractivity contribution is 0.113. The van der Waals surface area contributed by atoms with Crippen LogP contribution in [-0.2, 0) is 11.3 Å². The van der Waals surface area contributed by atoms with E-state index >= 15 is 0 Å². The topological polar surface area (TPSA) is 30.5 Å². The van der Waals surface area contributed by atoms with Crippen LogP contribution in [0.25, 0.3) is 0 Å². The van der Waals surface area contributed by atoms with Gasteiger partial charge in [0.1, 0.15) is 5.75 Å². The highest BCUT2D eigenvalue weighted by Gasteiger charge is 2.23. The van der Waals surface area contributed by atoms with Gasteiger partial charge >= 0.3 is 0 Å². The van der Waals surface area contributed by atoms with Crippen molar-refractivity contribution in [3.63, 3.8) is 0 Å². The van der Waals surface area contributed by atoms with E-state index in [1.165, 1.54) is 5.56 Å². The van der Waals surface area contributed by atoms with Gasteiger partial charge in [-0.15, -0.1) is 0 Å². The Morgan fingerprint density at radius 3 is 3.00 bits per heavy atom. The van der Waals surface area contributed by atoms with Gasteiger partial charge in [0.05, 0.1) is 17.7 Å². The van der Waals surface area contributed by atoms with Crippen LogP contribution < -0.4 is 10.1 Å². The summed E-state index contributed by atoms with van der Waals surface area (Å²) in [4.78, 5) is 0. The molecule has 2 atom stereocenters. The molecular weight excluding hydrogens is 282 g/mol. The number of ether oxygens (including phenoxy) is 2. The molecule has 3 nitrogen and oxygen atoms in total. The maximum Gasteiger partial charge on any atom is 0.137 e. The van der Waals surface area contributed by atoms with Crippen molar-refractivity contribution in [2.24, 2.45) is 0 Å². The summed E-state index contributed by atoms with van der Waals surface area (Å²) in [7, 11) is 1.70. The van der Waals surface area contributed by atoms with Crippen LogP contribution in [0.4, 0.5) is 0 Å². The molecule has 1 aromatic rings. The van der Waals surface area contributed by atoms with Gasteiger partial charge in [0.15, 0.2) is 0 Å². The third-order valence-corrected chi connectivity index (χ3v) is 3.81. The van der Waals surface area contributed by atoms with Gasteiger partial charge in [0.2, 0.25) is 0 Å². The predicted molar refractivity (Wildman–Crippen MR) is 71.4 cm³/mol. The normalized spacial score (nSPS) is 23.9. The van der Waals surface area contributed by atoms with Crippen LogP contribution in [0, 0.1) is 0 Å². The minimum absolute atomic E-state index is 0.299. The molecule has 1 aromatic carbocycles. The van der Waals surface area contributed by atoms with E-state index in [0.717, 1.165) is 29.8 Å². The maximum atomic E-state index is 5.53. The summed E-state index contributed by atoms with van der Waals surface area (Å²) < 4.78 is 11.9. The highest BCUT2D eigenvalue weighted by Crippen LogP contribution is 2.28. The van der Waals surface area contributed by atoms with E-state index in [2.05, 4.69) is 34.2 Å². The van der Waals surface area contributed by atoms with Gasteiger partial charge in [-0.25, -0.2) is 0 Å². The number of hydrogen-bond donors (Lipinski definition) is 1. The summed E-state index contributed by atoms with van der Waals surface area (Å²) in [5, 5.41) is 3.52. The maximum absolute atomic E-state index is 5.53. The smallest absolute Gasteiger partial charge is 0.137 e. The number of methoxy groups -OCH3 is 1. The molecule has 1 saturated heterocycles. The van der Waals surface area contributed by atoms with Crippen LogP contribution in [0.15, 0.2) is 22.7 Å². The molecule has 0 aliphatic carbocycles. The molecule has 0 saturated carbocycles. The first-order valence-electron chi connectivity index (χ1n) is 5.88. The molecule has 1 heterocycles. The van der Waals surface area contributed by atoms with Gasteiger partial charge < -0.3 is 14.8 Å². The first-order chi connectivity index (χ1) is 8.22. The zero-order chi connectivity index (χ0) is 12.3. The quantitative estimate of drug-likeness (QED) is 0.927. The van der Waals surface area contributed by atoms with E-state index in [-0.39, 0.29) is 0 Å². The standard InChI is InChI=1S/C13H18BrNO2/c1-9-12(6-7-17-9)15-8-10-4-3-5-11(14)13(10)16-2/h3-5,9,12,15H,6-8H2,1-2H3/t9-,12-/m0/s1. The Labute approximate surface area is 111 Å². The second-order valence-electron chi connectivity index (χ2n) is 4.28. The van der Waals surface area contributed by atoms with E-state index in [4.69, 9.17) is 9.47 Å². The third kappa shape index (κ3) is 3.00. The number of rotatable bonds is 4. The zero-order valence-corrected chi connectivity index (χ0v) is 11.8. The van der Waals surface area contributed by atoms with E-state index in [1.807, 2.05) is 12.1 Å². The molecule has 0 bridgehead atoms. The molecule has 1 aliphatic rings. The zero-order valence-electron chi connectivity index (χ0n) is 10.2. The third-order valence-electron chi connectivity index (χ3n) is 3.18. The van der Waals surface area contributed by atoms with Crippen molar-refractivity contribution < 1.29 is 9.47 Å². The summed E-state index contributed by atoms with van der Waals surface area (Å²) >= 11 is 3.50. The van der Waals surface area contributed by atoms with Crippen LogP contribution in [-0.4, -0.2) is 25.9 Å². The van der Waals surface area contributed by atoms with Gasteiger partial charge in [0.25, 0.3) is 0 Å². The molecule has 0 unspecified atom stereocenters.